The van der Waals surface area contributed by atoms with Gasteiger partial charge in [-0.05, 0) is 18.2 Å². The van der Waals surface area contributed by atoms with E-state index >= 15 is 0 Å². The Labute approximate surface area is 109 Å². The molecule has 0 fully saturated rings. The van der Waals surface area contributed by atoms with Crippen molar-refractivity contribution in [1.29, 1.82) is 0 Å². The molecule has 0 saturated heterocycles. The Morgan fingerprint density at radius 2 is 2.21 bits per heavy atom. The third kappa shape index (κ3) is 4.41. The summed E-state index contributed by atoms with van der Waals surface area (Å²) in [7, 11) is 1.20. The summed E-state index contributed by atoms with van der Waals surface area (Å²) in [5.41, 5.74) is 0.252. The third-order valence-electron chi connectivity index (χ3n) is 2.15. The summed E-state index contributed by atoms with van der Waals surface area (Å²) in [4.78, 5) is 22.7. The average molecular weight is 265 g/mol. The van der Waals surface area contributed by atoms with E-state index in [1.807, 2.05) is 0 Å². The number of carbonyl (C=O) groups is 2. The van der Waals surface area contributed by atoms with Gasteiger partial charge in [0.25, 0.3) is 5.91 Å². The lowest BCUT2D eigenvalue weighted by molar-refractivity contribution is -0.139. The zero-order valence-electron chi connectivity index (χ0n) is 10.2. The second-order valence-corrected chi connectivity index (χ2v) is 3.41. The molecule has 1 aromatic rings. The standard InChI is InChI=1S/C13H12FNO4/c1-19-12(17)8-15-13(18)11-5-4-10(14)7-9(11)3-2-6-16/h4-5,7,16H,6,8H2,1H3,(H,15,18). The van der Waals surface area contributed by atoms with Crippen LogP contribution in [0.25, 0.3) is 0 Å². The lowest BCUT2D eigenvalue weighted by Crippen LogP contribution is -2.30. The Hall–Kier alpha value is -2.39. The molecule has 0 heterocycles. The van der Waals surface area contributed by atoms with Gasteiger partial charge in [-0.3, -0.25) is 9.59 Å². The second-order valence-electron chi connectivity index (χ2n) is 3.41. The van der Waals surface area contributed by atoms with Gasteiger partial charge in [-0.15, -0.1) is 0 Å². The van der Waals surface area contributed by atoms with Crippen molar-refractivity contribution in [2.75, 3.05) is 20.3 Å². The molecule has 19 heavy (non-hydrogen) atoms. The molecule has 0 spiro atoms. The predicted octanol–water partition coefficient (Wildman–Crippen LogP) is 0.0723. The fraction of sp³-hybridized carbons (Fsp3) is 0.231. The lowest BCUT2D eigenvalue weighted by atomic mass is 10.1. The van der Waals surface area contributed by atoms with Gasteiger partial charge in [0.1, 0.15) is 19.0 Å². The summed E-state index contributed by atoms with van der Waals surface area (Å²) in [6.45, 7) is -0.695. The van der Waals surface area contributed by atoms with Crippen LogP contribution in [0.15, 0.2) is 18.2 Å². The van der Waals surface area contributed by atoms with Crippen LogP contribution in [-0.4, -0.2) is 37.2 Å². The summed E-state index contributed by atoms with van der Waals surface area (Å²) in [6, 6.07) is 3.44. The van der Waals surface area contributed by atoms with E-state index in [4.69, 9.17) is 5.11 Å². The molecule has 0 aliphatic carbocycles. The number of hydrogen-bond donors (Lipinski definition) is 2. The first kappa shape index (κ1) is 14.7. The highest BCUT2D eigenvalue weighted by molar-refractivity contribution is 5.98. The highest BCUT2D eigenvalue weighted by Crippen LogP contribution is 2.10. The van der Waals surface area contributed by atoms with Crippen LogP contribution in [0.3, 0.4) is 0 Å². The fourth-order valence-corrected chi connectivity index (χ4v) is 1.27. The quantitative estimate of drug-likeness (QED) is 0.599. The van der Waals surface area contributed by atoms with Gasteiger partial charge in [-0.2, -0.15) is 0 Å². The highest BCUT2D eigenvalue weighted by Gasteiger charge is 2.12. The molecule has 0 bridgehead atoms. The Morgan fingerprint density at radius 1 is 1.47 bits per heavy atom. The Morgan fingerprint density at radius 3 is 2.84 bits per heavy atom. The Balaban J connectivity index is 2.92. The lowest BCUT2D eigenvalue weighted by Gasteiger charge is -2.06. The van der Waals surface area contributed by atoms with Crippen molar-refractivity contribution in [2.24, 2.45) is 0 Å². The molecule has 0 saturated carbocycles. The minimum atomic E-state index is -0.599. The van der Waals surface area contributed by atoms with Crippen LogP contribution < -0.4 is 5.32 Å². The molecule has 0 radical (unpaired) electrons. The van der Waals surface area contributed by atoms with Crippen molar-refractivity contribution in [3.05, 3.63) is 35.1 Å². The topological polar surface area (TPSA) is 75.6 Å². The van der Waals surface area contributed by atoms with Gasteiger partial charge >= 0.3 is 5.97 Å². The van der Waals surface area contributed by atoms with Gasteiger partial charge in [0, 0.05) is 5.56 Å². The van der Waals surface area contributed by atoms with Crippen LogP contribution in [0.5, 0.6) is 0 Å². The summed E-state index contributed by atoms with van der Waals surface area (Å²) in [5.74, 6) is 3.08. The SMILES string of the molecule is COC(=O)CNC(=O)c1ccc(F)cc1C#CCO. The smallest absolute Gasteiger partial charge is 0.325 e. The van der Waals surface area contributed by atoms with E-state index in [0.717, 1.165) is 12.1 Å². The first-order valence-electron chi connectivity index (χ1n) is 5.32. The predicted molar refractivity (Wildman–Crippen MR) is 64.7 cm³/mol. The van der Waals surface area contributed by atoms with Crippen LogP contribution in [-0.2, 0) is 9.53 Å². The molecule has 0 atom stereocenters. The number of aliphatic hydroxyl groups is 1. The summed E-state index contributed by atoms with van der Waals surface area (Å²) in [5, 5.41) is 10.9. The van der Waals surface area contributed by atoms with Gasteiger partial charge in [0.05, 0.1) is 12.7 Å². The molecular weight excluding hydrogens is 253 g/mol. The largest absolute Gasteiger partial charge is 0.468 e. The van der Waals surface area contributed by atoms with Crippen LogP contribution in [0, 0.1) is 17.7 Å². The number of amides is 1. The minimum Gasteiger partial charge on any atom is -0.468 e. The number of methoxy groups -OCH3 is 1. The number of ether oxygens (including phenoxy) is 1. The van der Waals surface area contributed by atoms with Crippen molar-refractivity contribution in [3.8, 4) is 11.8 Å². The molecule has 2 N–H and O–H groups in total. The maximum absolute atomic E-state index is 13.1. The van der Waals surface area contributed by atoms with E-state index in [1.165, 1.54) is 13.2 Å². The van der Waals surface area contributed by atoms with Crippen LogP contribution in [0.4, 0.5) is 4.39 Å². The minimum absolute atomic E-state index is 0.117. The molecular formula is C13H12FNO4. The number of halogens is 1. The zero-order valence-corrected chi connectivity index (χ0v) is 10.2. The molecule has 0 aliphatic heterocycles. The highest BCUT2D eigenvalue weighted by atomic mass is 19.1. The summed E-state index contributed by atoms with van der Waals surface area (Å²) >= 11 is 0. The van der Waals surface area contributed by atoms with Crippen LogP contribution >= 0.6 is 0 Å². The number of aliphatic hydroxyl groups excluding tert-OH is 1. The monoisotopic (exact) mass is 265 g/mol. The van der Waals surface area contributed by atoms with E-state index in [0.29, 0.717) is 0 Å². The summed E-state index contributed by atoms with van der Waals surface area (Å²) < 4.78 is 17.4. The molecule has 6 heteroatoms. The first-order valence-corrected chi connectivity index (χ1v) is 5.32. The molecule has 1 aromatic carbocycles. The molecule has 0 unspecified atom stereocenters. The molecule has 1 rings (SSSR count). The van der Waals surface area contributed by atoms with E-state index in [1.54, 1.807) is 0 Å². The van der Waals surface area contributed by atoms with E-state index in [2.05, 4.69) is 21.9 Å². The number of rotatable bonds is 3. The number of benzene rings is 1. The van der Waals surface area contributed by atoms with Crippen molar-refractivity contribution in [2.45, 2.75) is 0 Å². The molecule has 5 nitrogen and oxygen atoms in total. The number of hydrogen-bond acceptors (Lipinski definition) is 4. The second kappa shape index (κ2) is 7.13. The van der Waals surface area contributed by atoms with Crippen molar-refractivity contribution in [3.63, 3.8) is 0 Å². The van der Waals surface area contributed by atoms with Crippen molar-refractivity contribution < 1.29 is 23.8 Å². The van der Waals surface area contributed by atoms with E-state index in [-0.39, 0.29) is 17.7 Å². The number of esters is 1. The van der Waals surface area contributed by atoms with E-state index < -0.39 is 24.3 Å². The fourth-order valence-electron chi connectivity index (χ4n) is 1.27. The maximum atomic E-state index is 13.1. The van der Waals surface area contributed by atoms with Crippen LogP contribution in [0.2, 0.25) is 0 Å². The van der Waals surface area contributed by atoms with E-state index in [9.17, 15) is 14.0 Å². The molecule has 100 valence electrons. The van der Waals surface area contributed by atoms with Gasteiger partial charge in [-0.25, -0.2) is 4.39 Å². The zero-order chi connectivity index (χ0) is 14.3. The molecule has 0 aliphatic rings. The van der Waals surface area contributed by atoms with Gasteiger partial charge in [-0.1, -0.05) is 11.8 Å². The third-order valence-corrected chi connectivity index (χ3v) is 2.15. The van der Waals surface area contributed by atoms with Gasteiger partial charge in [0.2, 0.25) is 0 Å². The first-order chi connectivity index (χ1) is 9.08. The Bertz CT molecular complexity index is 545. The molecule has 1 amide bonds. The number of carbonyl (C=O) groups excluding carboxylic acids is 2. The molecule has 0 aromatic heterocycles. The normalized spacial score (nSPS) is 9.21. The maximum Gasteiger partial charge on any atom is 0.325 e. The summed E-state index contributed by atoms with van der Waals surface area (Å²) in [6.07, 6.45) is 0. The van der Waals surface area contributed by atoms with Crippen molar-refractivity contribution >= 4 is 11.9 Å². The van der Waals surface area contributed by atoms with Gasteiger partial charge < -0.3 is 15.2 Å². The van der Waals surface area contributed by atoms with Crippen molar-refractivity contribution in [1.82, 2.24) is 5.32 Å². The Kier molecular flexibility index (Phi) is 5.51. The van der Waals surface area contributed by atoms with Crippen LogP contribution in [0.1, 0.15) is 15.9 Å². The van der Waals surface area contributed by atoms with Gasteiger partial charge in [0.15, 0.2) is 0 Å². The number of nitrogens with one attached hydrogen (secondary N) is 1. The average Bonchev–Trinajstić information content (AvgIpc) is 2.42.